The number of hydrogen-bond donors (Lipinski definition) is 0. The van der Waals surface area contributed by atoms with E-state index in [1.165, 1.54) is 135 Å². The molecule has 0 aromatic rings. The highest BCUT2D eigenvalue weighted by molar-refractivity contribution is 5.71. The fraction of sp³-hybridized carbons (Fsp3) is 0.697. The molecule has 0 aromatic carbocycles. The van der Waals surface area contributed by atoms with E-state index in [0.717, 1.165) is 148 Å². The highest BCUT2D eigenvalue weighted by Gasteiger charge is 2.19. The molecule has 0 rings (SSSR count). The standard InChI is InChI=1S/C76H128O6/c1-4-7-10-13-16-19-22-25-28-31-33-35-37-38-39-41-42-45-48-51-54-57-60-63-66-69-75(78)81-72-73(71-80-74(77)68-65-62-59-56-53-50-47-44-30-27-24-21-18-15-12-9-6-3)82-76(79)70-67-64-61-58-55-52-49-46-43-40-36-34-32-29-26-23-20-17-14-11-8-5-2/h7,9-10,12,16,18-19,21,25,27-28,30,33,35,38-39,42,45,47,50,73H,4-6,8,11,13-15,17,20,22-24,26,29,31-32,34,36-37,40-41,43-44,46,48-49,51-72H2,1-3H3/b10-7-,12-9-,19-16-,21-18-,28-25-,30-27-,35-33-,39-38-,45-42-,50-47-. The molecule has 0 N–H and O–H groups in total. The summed E-state index contributed by atoms with van der Waals surface area (Å²) in [6.07, 6.45) is 96.4. The molecule has 0 amide bonds. The van der Waals surface area contributed by atoms with E-state index in [4.69, 9.17) is 14.2 Å². The summed E-state index contributed by atoms with van der Waals surface area (Å²) >= 11 is 0. The third kappa shape index (κ3) is 66.6. The number of unbranched alkanes of at least 4 members (excludes halogenated alkanes) is 31. The molecule has 1 atom stereocenters. The molecule has 468 valence electrons. The average Bonchev–Trinajstić information content (AvgIpc) is 3.47. The van der Waals surface area contributed by atoms with Gasteiger partial charge in [0.2, 0.25) is 0 Å². The van der Waals surface area contributed by atoms with E-state index < -0.39 is 6.10 Å². The molecule has 0 aliphatic carbocycles. The average molecular weight is 1140 g/mol. The summed E-state index contributed by atoms with van der Waals surface area (Å²) in [7, 11) is 0. The molecule has 0 spiro atoms. The topological polar surface area (TPSA) is 78.9 Å². The fourth-order valence-electron chi connectivity index (χ4n) is 9.62. The first-order valence-corrected chi connectivity index (χ1v) is 34.5. The second kappa shape index (κ2) is 69.3. The minimum absolute atomic E-state index is 0.0941. The van der Waals surface area contributed by atoms with Gasteiger partial charge in [-0.1, -0.05) is 316 Å². The Labute approximate surface area is 507 Å². The normalized spacial score (nSPS) is 12.9. The summed E-state index contributed by atoms with van der Waals surface area (Å²) in [6, 6.07) is 0. The van der Waals surface area contributed by atoms with E-state index in [0.29, 0.717) is 19.3 Å². The van der Waals surface area contributed by atoms with Crippen molar-refractivity contribution in [1.29, 1.82) is 0 Å². The van der Waals surface area contributed by atoms with Crippen molar-refractivity contribution in [2.24, 2.45) is 0 Å². The van der Waals surface area contributed by atoms with Crippen LogP contribution in [0.25, 0.3) is 0 Å². The summed E-state index contributed by atoms with van der Waals surface area (Å²) in [4.78, 5) is 38.5. The molecule has 0 bridgehead atoms. The first-order valence-electron chi connectivity index (χ1n) is 34.5. The second-order valence-electron chi connectivity index (χ2n) is 22.7. The fourth-order valence-corrected chi connectivity index (χ4v) is 9.62. The van der Waals surface area contributed by atoms with Gasteiger partial charge in [0.05, 0.1) is 0 Å². The summed E-state index contributed by atoms with van der Waals surface area (Å²) in [5.41, 5.74) is 0. The van der Waals surface area contributed by atoms with E-state index in [-0.39, 0.29) is 31.1 Å². The number of hydrogen-bond acceptors (Lipinski definition) is 6. The van der Waals surface area contributed by atoms with Crippen LogP contribution < -0.4 is 0 Å². The Morgan fingerprint density at radius 1 is 0.256 bits per heavy atom. The summed E-state index contributed by atoms with van der Waals surface area (Å²) in [5, 5.41) is 0. The van der Waals surface area contributed by atoms with Crippen molar-refractivity contribution in [3.63, 3.8) is 0 Å². The number of allylic oxidation sites excluding steroid dienone is 20. The van der Waals surface area contributed by atoms with Crippen molar-refractivity contribution in [2.45, 2.75) is 329 Å². The lowest BCUT2D eigenvalue weighted by Gasteiger charge is -2.18. The van der Waals surface area contributed by atoms with Crippen molar-refractivity contribution in [1.82, 2.24) is 0 Å². The molecule has 0 saturated heterocycles. The zero-order valence-corrected chi connectivity index (χ0v) is 53.7. The minimum atomic E-state index is -0.799. The molecule has 6 nitrogen and oxygen atoms in total. The quantitative estimate of drug-likeness (QED) is 0.0261. The number of esters is 3. The zero-order valence-electron chi connectivity index (χ0n) is 53.7. The first-order chi connectivity index (χ1) is 40.5. The monoisotopic (exact) mass is 1140 g/mol. The van der Waals surface area contributed by atoms with Crippen molar-refractivity contribution in [3.05, 3.63) is 122 Å². The van der Waals surface area contributed by atoms with E-state index in [9.17, 15) is 14.4 Å². The van der Waals surface area contributed by atoms with Crippen molar-refractivity contribution < 1.29 is 28.6 Å². The van der Waals surface area contributed by atoms with Gasteiger partial charge in [-0.05, 0) is 109 Å². The highest BCUT2D eigenvalue weighted by atomic mass is 16.6. The van der Waals surface area contributed by atoms with Crippen LogP contribution in [-0.4, -0.2) is 37.2 Å². The zero-order chi connectivity index (χ0) is 59.2. The number of carbonyl (C=O) groups is 3. The van der Waals surface area contributed by atoms with Gasteiger partial charge >= 0.3 is 17.9 Å². The number of rotatable bonds is 62. The SMILES string of the molecule is CC/C=C\C/C=C\C/C=C\C/C=C\C/C=C\C/C=C\CCCCCCCCC(=O)OCC(COC(=O)CCCCCC/C=C\C/C=C\C/C=C\C/C=C\CC)OC(=O)CCCCCCCCCCCCCCCCCCCCCCCC. The maximum absolute atomic E-state index is 13.0. The van der Waals surface area contributed by atoms with E-state index in [1.54, 1.807) is 0 Å². The predicted octanol–water partition coefficient (Wildman–Crippen LogP) is 23.9. The molecule has 0 heterocycles. The largest absolute Gasteiger partial charge is 0.462 e. The van der Waals surface area contributed by atoms with Crippen LogP contribution in [0.3, 0.4) is 0 Å². The van der Waals surface area contributed by atoms with Gasteiger partial charge in [-0.2, -0.15) is 0 Å². The molecular weight excluding hydrogens is 1010 g/mol. The van der Waals surface area contributed by atoms with Gasteiger partial charge in [-0.15, -0.1) is 0 Å². The van der Waals surface area contributed by atoms with E-state index in [2.05, 4.69) is 142 Å². The Kier molecular flexibility index (Phi) is 65.8. The van der Waals surface area contributed by atoms with Crippen molar-refractivity contribution in [3.8, 4) is 0 Å². The number of ether oxygens (including phenoxy) is 3. The van der Waals surface area contributed by atoms with Crippen molar-refractivity contribution in [2.75, 3.05) is 13.2 Å². The van der Waals surface area contributed by atoms with Gasteiger partial charge in [-0.3, -0.25) is 14.4 Å². The lowest BCUT2D eigenvalue weighted by molar-refractivity contribution is -0.167. The van der Waals surface area contributed by atoms with Gasteiger partial charge in [0.25, 0.3) is 0 Å². The summed E-state index contributed by atoms with van der Waals surface area (Å²) < 4.78 is 17.0. The third-order valence-electron chi connectivity index (χ3n) is 14.7. The van der Waals surface area contributed by atoms with E-state index >= 15 is 0 Å². The molecule has 0 radical (unpaired) electrons. The molecule has 6 heteroatoms. The van der Waals surface area contributed by atoms with Crippen LogP contribution in [0.4, 0.5) is 0 Å². The van der Waals surface area contributed by atoms with Crippen LogP contribution in [0.5, 0.6) is 0 Å². The molecule has 82 heavy (non-hydrogen) atoms. The van der Waals surface area contributed by atoms with Crippen molar-refractivity contribution >= 4 is 17.9 Å². The first kappa shape index (κ1) is 77.8. The van der Waals surface area contributed by atoms with Crippen LogP contribution in [0.1, 0.15) is 323 Å². The highest BCUT2D eigenvalue weighted by Crippen LogP contribution is 2.17. The molecule has 1 unspecified atom stereocenters. The molecule has 0 aliphatic heterocycles. The predicted molar refractivity (Wildman–Crippen MR) is 357 cm³/mol. The van der Waals surface area contributed by atoms with Crippen LogP contribution in [0, 0.1) is 0 Å². The molecule has 0 aliphatic rings. The lowest BCUT2D eigenvalue weighted by atomic mass is 10.0. The summed E-state index contributed by atoms with van der Waals surface area (Å²) in [5.74, 6) is -0.919. The van der Waals surface area contributed by atoms with Gasteiger partial charge in [0.1, 0.15) is 13.2 Å². The smallest absolute Gasteiger partial charge is 0.306 e. The Morgan fingerprint density at radius 3 is 0.744 bits per heavy atom. The minimum Gasteiger partial charge on any atom is -0.462 e. The van der Waals surface area contributed by atoms with Gasteiger partial charge in [-0.25, -0.2) is 0 Å². The van der Waals surface area contributed by atoms with Crippen LogP contribution >= 0.6 is 0 Å². The lowest BCUT2D eigenvalue weighted by Crippen LogP contribution is -2.30. The Balaban J connectivity index is 4.42. The molecule has 0 fully saturated rings. The second-order valence-corrected chi connectivity index (χ2v) is 22.7. The Hall–Kier alpha value is -4.19. The Morgan fingerprint density at radius 2 is 0.476 bits per heavy atom. The van der Waals surface area contributed by atoms with Crippen LogP contribution in [-0.2, 0) is 28.6 Å². The molecule has 0 saturated carbocycles. The van der Waals surface area contributed by atoms with Crippen LogP contribution in [0.2, 0.25) is 0 Å². The Bertz CT molecular complexity index is 1690. The maximum atomic E-state index is 13.0. The van der Waals surface area contributed by atoms with Crippen LogP contribution in [0.15, 0.2) is 122 Å². The van der Waals surface area contributed by atoms with E-state index in [1.807, 2.05) is 0 Å². The number of carbonyl (C=O) groups excluding carboxylic acids is 3. The van der Waals surface area contributed by atoms with Gasteiger partial charge < -0.3 is 14.2 Å². The summed E-state index contributed by atoms with van der Waals surface area (Å²) in [6.45, 7) is 6.42. The van der Waals surface area contributed by atoms with Gasteiger partial charge in [0, 0.05) is 19.3 Å². The molecular formula is C76H128O6. The molecule has 0 aromatic heterocycles. The van der Waals surface area contributed by atoms with Gasteiger partial charge in [0.15, 0.2) is 6.10 Å². The maximum Gasteiger partial charge on any atom is 0.306 e. The third-order valence-corrected chi connectivity index (χ3v) is 14.7.